The van der Waals surface area contributed by atoms with Crippen LogP contribution in [0.3, 0.4) is 0 Å². The molecule has 3 aromatic carbocycles. The average Bonchev–Trinajstić information content (AvgIpc) is 3.07. The molecule has 1 aliphatic rings. The molecule has 3 aromatic rings. The first-order chi connectivity index (χ1) is 16.8. The largest absolute Gasteiger partial charge is 0.483 e. The Kier molecular flexibility index (Phi) is 7.73. The molecule has 6 nitrogen and oxygen atoms in total. The minimum absolute atomic E-state index is 0.203. The Hall–Kier alpha value is -3.36. The molecule has 4 rings (SSSR count). The van der Waals surface area contributed by atoms with Gasteiger partial charge in [0.25, 0.3) is 17.1 Å². The van der Waals surface area contributed by atoms with Crippen molar-refractivity contribution in [3.05, 3.63) is 98.4 Å². The van der Waals surface area contributed by atoms with Crippen LogP contribution in [0.4, 0.5) is 10.5 Å². The Morgan fingerprint density at radius 2 is 1.86 bits per heavy atom. The van der Waals surface area contributed by atoms with Gasteiger partial charge in [0.15, 0.2) is 6.61 Å². The second kappa shape index (κ2) is 10.9. The van der Waals surface area contributed by atoms with Gasteiger partial charge in [-0.05, 0) is 78.7 Å². The zero-order valence-electron chi connectivity index (χ0n) is 19.2. The molecule has 1 heterocycles. The number of carbonyl (C=O) groups excluding carboxylic acids is 3. The minimum atomic E-state index is -0.355. The van der Waals surface area contributed by atoms with Crippen molar-refractivity contribution in [3.63, 3.8) is 0 Å². The van der Waals surface area contributed by atoms with Crippen molar-refractivity contribution in [2.45, 2.75) is 20.4 Å². The molecule has 0 aromatic heterocycles. The fraction of sp³-hybridized carbons (Fsp3) is 0.148. The molecule has 3 amide bonds. The average molecular weight is 551 g/mol. The van der Waals surface area contributed by atoms with E-state index in [2.05, 4.69) is 21.2 Å². The summed E-state index contributed by atoms with van der Waals surface area (Å²) in [4.78, 5) is 39.6. The first-order valence-corrected chi connectivity index (χ1v) is 12.5. The molecule has 0 atom stereocenters. The van der Waals surface area contributed by atoms with E-state index in [1.165, 1.54) is 4.90 Å². The molecule has 8 heteroatoms. The minimum Gasteiger partial charge on any atom is -0.483 e. The molecule has 0 aliphatic carbocycles. The van der Waals surface area contributed by atoms with E-state index in [4.69, 9.17) is 4.74 Å². The topological polar surface area (TPSA) is 75.7 Å². The number of rotatable bonds is 7. The molecular weight excluding hydrogens is 528 g/mol. The number of amides is 3. The zero-order valence-corrected chi connectivity index (χ0v) is 21.6. The van der Waals surface area contributed by atoms with Crippen molar-refractivity contribution in [3.8, 4) is 5.75 Å². The van der Waals surface area contributed by atoms with Crippen LogP contribution >= 0.6 is 27.7 Å². The van der Waals surface area contributed by atoms with Crippen molar-refractivity contribution < 1.29 is 19.1 Å². The predicted octanol–water partition coefficient (Wildman–Crippen LogP) is 6.32. The van der Waals surface area contributed by atoms with Crippen molar-refractivity contribution in [2.24, 2.45) is 0 Å². The number of hydrogen-bond donors (Lipinski definition) is 1. The van der Waals surface area contributed by atoms with Crippen LogP contribution in [0, 0.1) is 13.8 Å². The highest BCUT2D eigenvalue weighted by molar-refractivity contribution is 9.10. The van der Waals surface area contributed by atoms with Crippen LogP contribution in [0.5, 0.6) is 5.75 Å². The van der Waals surface area contributed by atoms with Gasteiger partial charge >= 0.3 is 0 Å². The van der Waals surface area contributed by atoms with E-state index in [1.807, 2.05) is 62.4 Å². The van der Waals surface area contributed by atoms with Crippen LogP contribution in [0.15, 0.2) is 76.1 Å². The number of aryl methyl sites for hydroxylation is 2. The van der Waals surface area contributed by atoms with Crippen LogP contribution in [-0.2, 0) is 16.1 Å². The van der Waals surface area contributed by atoms with Crippen LogP contribution in [0.1, 0.15) is 22.3 Å². The summed E-state index contributed by atoms with van der Waals surface area (Å²) in [5.41, 5.74) is 4.25. The summed E-state index contributed by atoms with van der Waals surface area (Å²) in [6.45, 7) is 3.91. The third kappa shape index (κ3) is 6.21. The monoisotopic (exact) mass is 550 g/mol. The number of anilines is 1. The Labute approximate surface area is 216 Å². The number of hydrogen-bond acceptors (Lipinski definition) is 5. The Morgan fingerprint density at radius 3 is 2.63 bits per heavy atom. The number of carbonyl (C=O) groups is 3. The number of imide groups is 1. The van der Waals surface area contributed by atoms with Crippen LogP contribution in [-0.4, -0.2) is 28.6 Å². The molecule has 0 spiro atoms. The summed E-state index contributed by atoms with van der Waals surface area (Å²) in [5.74, 6) is -0.229. The van der Waals surface area contributed by atoms with Crippen LogP contribution < -0.4 is 10.1 Å². The van der Waals surface area contributed by atoms with Crippen molar-refractivity contribution in [1.82, 2.24) is 4.90 Å². The highest BCUT2D eigenvalue weighted by Gasteiger charge is 2.35. The lowest BCUT2D eigenvalue weighted by atomic mass is 10.1. The molecule has 1 fully saturated rings. The van der Waals surface area contributed by atoms with E-state index in [1.54, 1.807) is 24.3 Å². The SMILES string of the molecule is Cc1cccc(NC(=O)COc2ccc(Br)cc2/C=C2\SC(=O)N(Cc3ccccc3C)C2=O)c1. The second-order valence-electron chi connectivity index (χ2n) is 8.08. The van der Waals surface area contributed by atoms with Crippen molar-refractivity contribution in [2.75, 3.05) is 11.9 Å². The Bertz CT molecular complexity index is 1340. The maximum atomic E-state index is 13.0. The molecule has 1 saturated heterocycles. The molecule has 0 radical (unpaired) electrons. The van der Waals surface area contributed by atoms with Gasteiger partial charge in [0.1, 0.15) is 5.75 Å². The fourth-order valence-corrected chi connectivity index (χ4v) is 4.77. The van der Waals surface area contributed by atoms with Crippen LogP contribution in [0.2, 0.25) is 0 Å². The van der Waals surface area contributed by atoms with Gasteiger partial charge in [-0.15, -0.1) is 0 Å². The van der Waals surface area contributed by atoms with Gasteiger partial charge in [-0.1, -0.05) is 52.3 Å². The highest BCUT2D eigenvalue weighted by atomic mass is 79.9. The summed E-state index contributed by atoms with van der Waals surface area (Å²) in [7, 11) is 0. The number of nitrogens with zero attached hydrogens (tertiary/aromatic N) is 1. The number of ether oxygens (including phenoxy) is 1. The van der Waals surface area contributed by atoms with E-state index in [-0.39, 0.29) is 30.2 Å². The summed E-state index contributed by atoms with van der Waals surface area (Å²) in [6.07, 6.45) is 1.63. The normalized spacial score (nSPS) is 14.5. The lowest BCUT2D eigenvalue weighted by Gasteiger charge is -2.14. The van der Waals surface area contributed by atoms with E-state index in [0.717, 1.165) is 32.9 Å². The zero-order chi connectivity index (χ0) is 24.9. The molecule has 35 heavy (non-hydrogen) atoms. The number of nitrogens with one attached hydrogen (secondary N) is 1. The summed E-state index contributed by atoms with van der Waals surface area (Å²) in [5, 5.41) is 2.49. The third-order valence-corrected chi connectivity index (χ3v) is 6.78. The summed E-state index contributed by atoms with van der Waals surface area (Å²) >= 11 is 4.33. The van der Waals surface area contributed by atoms with Gasteiger partial charge < -0.3 is 10.1 Å². The first kappa shape index (κ1) is 24.8. The Balaban J connectivity index is 1.49. The van der Waals surface area contributed by atoms with Gasteiger partial charge in [-0.3, -0.25) is 19.3 Å². The molecule has 0 bridgehead atoms. The van der Waals surface area contributed by atoms with E-state index in [0.29, 0.717) is 21.9 Å². The third-order valence-electron chi connectivity index (χ3n) is 5.38. The fourth-order valence-electron chi connectivity index (χ4n) is 3.56. The lowest BCUT2D eigenvalue weighted by molar-refractivity contribution is -0.123. The van der Waals surface area contributed by atoms with Crippen molar-refractivity contribution >= 4 is 56.5 Å². The smallest absolute Gasteiger partial charge is 0.293 e. The maximum absolute atomic E-state index is 13.0. The lowest BCUT2D eigenvalue weighted by Crippen LogP contribution is -2.27. The van der Waals surface area contributed by atoms with Gasteiger partial charge in [0, 0.05) is 15.7 Å². The molecular formula is C27H23BrN2O4S. The summed E-state index contributed by atoms with van der Waals surface area (Å²) in [6, 6.07) is 20.4. The second-order valence-corrected chi connectivity index (χ2v) is 9.99. The summed E-state index contributed by atoms with van der Waals surface area (Å²) < 4.78 is 6.55. The van der Waals surface area contributed by atoms with Gasteiger partial charge in [0.2, 0.25) is 0 Å². The molecule has 1 N–H and O–H groups in total. The quantitative estimate of drug-likeness (QED) is 0.348. The molecule has 0 saturated carbocycles. The number of thioether (sulfide) groups is 1. The van der Waals surface area contributed by atoms with E-state index >= 15 is 0 Å². The first-order valence-electron chi connectivity index (χ1n) is 10.9. The molecule has 178 valence electrons. The predicted molar refractivity (Wildman–Crippen MR) is 142 cm³/mol. The maximum Gasteiger partial charge on any atom is 0.293 e. The van der Waals surface area contributed by atoms with Gasteiger partial charge in [-0.2, -0.15) is 0 Å². The molecule has 1 aliphatic heterocycles. The van der Waals surface area contributed by atoms with Gasteiger partial charge in [0.05, 0.1) is 11.4 Å². The van der Waals surface area contributed by atoms with E-state index < -0.39 is 0 Å². The number of benzene rings is 3. The standard InChI is InChI=1S/C27H23BrN2O4S/c1-17-6-5-9-22(12-17)29-25(31)16-34-23-11-10-21(28)13-20(23)14-24-26(32)30(27(33)35-24)15-19-8-4-3-7-18(19)2/h3-14H,15-16H2,1-2H3,(H,29,31)/b24-14-. The van der Waals surface area contributed by atoms with Crippen molar-refractivity contribution in [1.29, 1.82) is 0 Å². The highest BCUT2D eigenvalue weighted by Crippen LogP contribution is 2.36. The van der Waals surface area contributed by atoms with Crippen LogP contribution in [0.25, 0.3) is 6.08 Å². The molecule has 0 unspecified atom stereocenters. The van der Waals surface area contributed by atoms with E-state index in [9.17, 15) is 14.4 Å². The Morgan fingerprint density at radius 1 is 1.06 bits per heavy atom. The van der Waals surface area contributed by atoms with Gasteiger partial charge in [-0.25, -0.2) is 0 Å². The number of halogens is 1.